The Bertz CT molecular complexity index is 1390. The number of carbonyl (C=O) groups is 3. The molecule has 1 aliphatic heterocycles. The van der Waals surface area contributed by atoms with E-state index in [1.807, 2.05) is 36.1 Å². The van der Waals surface area contributed by atoms with Crippen LogP contribution in [0.3, 0.4) is 0 Å². The molecule has 0 saturated carbocycles. The number of fused-ring (bicyclic) bond motifs is 1. The molecule has 0 radical (unpaired) electrons. The maximum Gasteiger partial charge on any atom is 0.412 e. The number of aromatic nitrogens is 1. The minimum absolute atomic E-state index is 0.0443. The first-order chi connectivity index (χ1) is 19.7. The van der Waals surface area contributed by atoms with Crippen molar-refractivity contribution >= 4 is 46.1 Å². The van der Waals surface area contributed by atoms with Gasteiger partial charge in [0.15, 0.2) is 0 Å². The second kappa shape index (κ2) is 14.2. The van der Waals surface area contributed by atoms with Crippen LogP contribution in [0.5, 0.6) is 0 Å². The molecule has 4 rings (SSSR count). The minimum Gasteiger partial charge on any atom is -0.447 e. The number of nitrogens with one attached hydrogen (secondary N) is 3. The van der Waals surface area contributed by atoms with E-state index in [0.29, 0.717) is 31.0 Å². The van der Waals surface area contributed by atoms with Gasteiger partial charge < -0.3 is 15.0 Å². The molecule has 1 aromatic heterocycles. The van der Waals surface area contributed by atoms with Crippen molar-refractivity contribution in [2.75, 3.05) is 31.6 Å². The molecule has 3 N–H and O–H groups in total. The summed E-state index contributed by atoms with van der Waals surface area (Å²) in [5.41, 5.74) is 3.43. The molecule has 1 fully saturated rings. The number of rotatable bonds is 10. The van der Waals surface area contributed by atoms with Gasteiger partial charge in [0, 0.05) is 57.1 Å². The van der Waals surface area contributed by atoms with Crippen molar-refractivity contribution in [1.82, 2.24) is 25.6 Å². The highest BCUT2D eigenvalue weighted by Gasteiger charge is 2.28. The summed E-state index contributed by atoms with van der Waals surface area (Å²) in [4.78, 5) is 44.5. The fraction of sp³-hybridized carbons (Fsp3) is 0.379. The van der Waals surface area contributed by atoms with Crippen molar-refractivity contribution in [2.45, 2.75) is 45.3 Å². The Morgan fingerprint density at radius 1 is 1.22 bits per heavy atom. The van der Waals surface area contributed by atoms with Crippen LogP contribution in [0, 0.1) is 5.82 Å². The van der Waals surface area contributed by atoms with Crippen LogP contribution in [0.15, 0.2) is 54.7 Å². The van der Waals surface area contributed by atoms with E-state index in [4.69, 9.17) is 16.3 Å². The van der Waals surface area contributed by atoms with Crippen molar-refractivity contribution in [3.8, 4) is 0 Å². The quantitative estimate of drug-likeness (QED) is 0.307. The van der Waals surface area contributed by atoms with E-state index in [1.165, 1.54) is 24.1 Å². The van der Waals surface area contributed by atoms with E-state index in [1.54, 1.807) is 18.3 Å². The van der Waals surface area contributed by atoms with Crippen molar-refractivity contribution in [1.29, 1.82) is 0 Å². The van der Waals surface area contributed by atoms with Crippen molar-refractivity contribution in [3.63, 3.8) is 0 Å². The van der Waals surface area contributed by atoms with Gasteiger partial charge >= 0.3 is 6.09 Å². The summed E-state index contributed by atoms with van der Waals surface area (Å²) >= 11 is 6.10. The van der Waals surface area contributed by atoms with Gasteiger partial charge in [-0.15, -0.1) is 0 Å². The van der Waals surface area contributed by atoms with Crippen LogP contribution in [0.2, 0.25) is 5.02 Å². The second-order valence-corrected chi connectivity index (χ2v) is 10.3. The number of piperazine rings is 1. The van der Waals surface area contributed by atoms with Gasteiger partial charge in [-0.05, 0) is 36.4 Å². The fourth-order valence-corrected chi connectivity index (χ4v) is 4.94. The summed E-state index contributed by atoms with van der Waals surface area (Å²) in [6, 6.07) is 13.1. The third-order valence-electron chi connectivity index (χ3n) is 6.96. The number of ether oxygens (including phenoxy) is 1. The third-order valence-corrected chi connectivity index (χ3v) is 7.38. The zero-order valence-electron chi connectivity index (χ0n) is 23.0. The second-order valence-electron chi connectivity index (χ2n) is 9.91. The molecule has 1 aliphatic rings. The Labute approximate surface area is 243 Å². The maximum atomic E-state index is 14.0. The number of carbonyl (C=O) groups excluding carboxylic acids is 3. The molecule has 10 nitrogen and oxygen atoms in total. The number of anilines is 1. The van der Waals surface area contributed by atoms with Gasteiger partial charge in [-0.1, -0.05) is 48.0 Å². The van der Waals surface area contributed by atoms with Gasteiger partial charge in [-0.25, -0.2) is 19.6 Å². The Morgan fingerprint density at radius 3 is 2.76 bits per heavy atom. The van der Waals surface area contributed by atoms with Crippen molar-refractivity contribution in [3.05, 3.63) is 71.1 Å². The van der Waals surface area contributed by atoms with E-state index in [9.17, 15) is 18.8 Å². The molecule has 0 spiro atoms. The van der Waals surface area contributed by atoms with Gasteiger partial charge in [0.05, 0.1) is 11.1 Å². The van der Waals surface area contributed by atoms with Crippen LogP contribution in [0.4, 0.5) is 15.0 Å². The summed E-state index contributed by atoms with van der Waals surface area (Å²) in [6.45, 7) is 5.18. The molecule has 2 aromatic carbocycles. The lowest BCUT2D eigenvalue weighted by atomic mass is 10.1. The average molecular weight is 585 g/mol. The zero-order valence-corrected chi connectivity index (χ0v) is 23.8. The molecule has 218 valence electrons. The normalized spacial score (nSPS) is 15.8. The number of halogens is 2. The standard InChI is InChI=1S/C29H34ClFN6O4/c1-19-15-32-12-13-36(19)27(39)11-10-24(37(20(2)38)34-17-23-8-5-9-25(31)28(23)30)18-41-29(40)35-26-14-21-6-3-4-7-22(21)16-33-26/h3-9,14,16,19,24,32,34H,10-13,15,17-18H2,1-2H3,(H,33,35,40)/t19-,24+/m1/s1. The van der Waals surface area contributed by atoms with Crippen LogP contribution < -0.4 is 16.1 Å². The summed E-state index contributed by atoms with van der Waals surface area (Å²) in [7, 11) is 0. The highest BCUT2D eigenvalue weighted by molar-refractivity contribution is 6.31. The highest BCUT2D eigenvalue weighted by Crippen LogP contribution is 2.20. The zero-order chi connectivity index (χ0) is 29.4. The third kappa shape index (κ3) is 8.12. The molecule has 41 heavy (non-hydrogen) atoms. The molecule has 12 heteroatoms. The molecule has 2 heterocycles. The first-order valence-electron chi connectivity index (χ1n) is 13.5. The van der Waals surface area contributed by atoms with E-state index in [-0.39, 0.29) is 48.9 Å². The van der Waals surface area contributed by atoms with Crippen molar-refractivity contribution < 1.29 is 23.5 Å². The molecule has 1 saturated heterocycles. The Hall–Kier alpha value is -3.80. The lowest BCUT2D eigenvalue weighted by Crippen LogP contribution is -2.53. The fourth-order valence-electron chi connectivity index (χ4n) is 4.75. The highest BCUT2D eigenvalue weighted by atomic mass is 35.5. The Morgan fingerprint density at radius 2 is 2.00 bits per heavy atom. The van der Waals surface area contributed by atoms with E-state index >= 15 is 0 Å². The van der Waals surface area contributed by atoms with E-state index in [2.05, 4.69) is 21.0 Å². The first kappa shape index (κ1) is 30.2. The van der Waals surface area contributed by atoms with Crippen LogP contribution in [-0.4, -0.2) is 71.1 Å². The van der Waals surface area contributed by atoms with Gasteiger partial charge in [0.1, 0.15) is 18.2 Å². The predicted molar refractivity (Wildman–Crippen MR) is 155 cm³/mol. The summed E-state index contributed by atoms with van der Waals surface area (Å²) < 4.78 is 19.5. The molecule has 0 aliphatic carbocycles. The smallest absolute Gasteiger partial charge is 0.412 e. The van der Waals surface area contributed by atoms with Gasteiger partial charge in [-0.2, -0.15) is 0 Å². The van der Waals surface area contributed by atoms with E-state index < -0.39 is 18.0 Å². The number of hydrazine groups is 1. The summed E-state index contributed by atoms with van der Waals surface area (Å²) in [5.74, 6) is -0.679. The van der Waals surface area contributed by atoms with Crippen LogP contribution in [0.1, 0.15) is 32.3 Å². The monoisotopic (exact) mass is 584 g/mol. The average Bonchev–Trinajstić information content (AvgIpc) is 2.96. The van der Waals surface area contributed by atoms with E-state index in [0.717, 1.165) is 10.8 Å². The number of amides is 3. The van der Waals surface area contributed by atoms with Gasteiger partial charge in [0.2, 0.25) is 11.8 Å². The summed E-state index contributed by atoms with van der Waals surface area (Å²) in [5, 5.41) is 8.95. The van der Waals surface area contributed by atoms with Crippen LogP contribution in [0.25, 0.3) is 10.8 Å². The number of hydrogen-bond donors (Lipinski definition) is 3. The topological polar surface area (TPSA) is 116 Å². The molecule has 2 atom stereocenters. The number of benzene rings is 2. The van der Waals surface area contributed by atoms with Crippen LogP contribution >= 0.6 is 11.6 Å². The Balaban J connectivity index is 1.44. The Kier molecular flexibility index (Phi) is 10.4. The maximum absolute atomic E-state index is 14.0. The lowest BCUT2D eigenvalue weighted by molar-refractivity contribution is -0.139. The van der Waals surface area contributed by atoms with Gasteiger partial charge in [-0.3, -0.25) is 19.9 Å². The van der Waals surface area contributed by atoms with Crippen molar-refractivity contribution in [2.24, 2.45) is 0 Å². The largest absolute Gasteiger partial charge is 0.447 e. The molecule has 3 aromatic rings. The molecule has 3 amide bonds. The minimum atomic E-state index is -0.753. The first-order valence-corrected chi connectivity index (χ1v) is 13.9. The van der Waals surface area contributed by atoms with Crippen LogP contribution in [-0.2, 0) is 20.9 Å². The molecular weight excluding hydrogens is 551 g/mol. The summed E-state index contributed by atoms with van der Waals surface area (Å²) in [6.07, 6.45) is 1.25. The number of hydrogen-bond acceptors (Lipinski definition) is 7. The lowest BCUT2D eigenvalue weighted by Gasteiger charge is -2.35. The molecule has 0 bridgehead atoms. The molecular formula is C29H34ClFN6O4. The predicted octanol–water partition coefficient (Wildman–Crippen LogP) is 4.10. The number of nitrogens with zero attached hydrogens (tertiary/aromatic N) is 3. The SMILES string of the molecule is CC(=O)N(NCc1cccc(F)c1Cl)[C@@H](CCC(=O)N1CCNC[C@H]1C)COC(=O)Nc1cc2ccccc2cn1. The number of pyridine rings is 1. The molecule has 0 unspecified atom stereocenters. The van der Waals surface area contributed by atoms with Gasteiger partial charge in [0.25, 0.3) is 0 Å².